The van der Waals surface area contributed by atoms with Gasteiger partial charge in [0, 0.05) is 20.1 Å². The van der Waals surface area contributed by atoms with Crippen LogP contribution < -0.4 is 5.32 Å². The smallest absolute Gasteiger partial charge is 0.306 e. The maximum Gasteiger partial charge on any atom is 0.306 e. The first-order valence-corrected chi connectivity index (χ1v) is 5.63. The van der Waals surface area contributed by atoms with E-state index >= 15 is 0 Å². The number of nitrogens with one attached hydrogen (secondary N) is 1. The van der Waals surface area contributed by atoms with Gasteiger partial charge in [-0.3, -0.25) is 9.59 Å². The lowest BCUT2D eigenvalue weighted by atomic mass is 9.83. The first-order valence-electron chi connectivity index (χ1n) is 5.63. The highest BCUT2D eigenvalue weighted by Gasteiger charge is 2.21. The van der Waals surface area contributed by atoms with Crippen molar-refractivity contribution in [3.05, 3.63) is 0 Å². The lowest BCUT2D eigenvalue weighted by Crippen LogP contribution is -2.35. The first-order chi connectivity index (χ1) is 7.61. The molecule has 0 spiro atoms. The highest BCUT2D eigenvalue weighted by Crippen LogP contribution is 2.28. The van der Waals surface area contributed by atoms with E-state index in [2.05, 4.69) is 5.32 Å². The number of carboxylic acid groups (broad SMARTS) is 1. The van der Waals surface area contributed by atoms with Crippen molar-refractivity contribution in [2.45, 2.75) is 38.2 Å². The van der Waals surface area contributed by atoms with Crippen LogP contribution in [0.15, 0.2) is 0 Å². The van der Waals surface area contributed by atoms with Crippen molar-refractivity contribution in [3.63, 3.8) is 0 Å². The van der Waals surface area contributed by atoms with Crippen molar-refractivity contribution >= 4 is 11.9 Å². The normalized spacial score (nSPS) is 17.6. The number of carbonyl (C=O) groups is 2. The molecule has 1 aliphatic rings. The van der Waals surface area contributed by atoms with Crippen LogP contribution >= 0.6 is 0 Å². The second-order valence-corrected chi connectivity index (χ2v) is 4.26. The van der Waals surface area contributed by atoms with Crippen LogP contribution in [0.4, 0.5) is 0 Å². The molecule has 1 rings (SSSR count). The monoisotopic (exact) mass is 229 g/mol. The summed E-state index contributed by atoms with van der Waals surface area (Å²) in [5.74, 6) is -0.391. The predicted molar refractivity (Wildman–Crippen MR) is 58.0 cm³/mol. The van der Waals surface area contributed by atoms with Gasteiger partial charge >= 0.3 is 5.97 Å². The Kier molecular flexibility index (Phi) is 5.25. The number of hydrogen-bond acceptors (Lipinski definition) is 3. The molecule has 16 heavy (non-hydrogen) atoms. The molecule has 0 heterocycles. The zero-order valence-electron chi connectivity index (χ0n) is 9.57. The fraction of sp³-hybridized carbons (Fsp3) is 0.818. The maximum absolute atomic E-state index is 11.4. The number of amides is 1. The Morgan fingerprint density at radius 2 is 2.19 bits per heavy atom. The van der Waals surface area contributed by atoms with Crippen LogP contribution in [-0.2, 0) is 14.3 Å². The Balaban J connectivity index is 2.14. The SMILES string of the molecule is COC(CNC(=O)CC1CCC1)CC(=O)O. The molecule has 5 nitrogen and oxygen atoms in total. The summed E-state index contributed by atoms with van der Waals surface area (Å²) in [6, 6.07) is 0. The highest BCUT2D eigenvalue weighted by molar-refractivity contribution is 5.76. The molecule has 1 fully saturated rings. The predicted octanol–water partition coefficient (Wildman–Crippen LogP) is 0.782. The van der Waals surface area contributed by atoms with Gasteiger partial charge in [0.1, 0.15) is 0 Å². The van der Waals surface area contributed by atoms with E-state index in [1.54, 1.807) is 0 Å². The van der Waals surface area contributed by atoms with Gasteiger partial charge in [0.25, 0.3) is 0 Å². The lowest BCUT2D eigenvalue weighted by molar-refractivity contribution is -0.140. The number of aliphatic carboxylic acids is 1. The molecule has 0 aromatic rings. The number of carbonyl (C=O) groups excluding carboxylic acids is 1. The average molecular weight is 229 g/mol. The molecule has 1 aliphatic carbocycles. The first kappa shape index (κ1) is 13.0. The summed E-state index contributed by atoms with van der Waals surface area (Å²) < 4.78 is 4.96. The molecular formula is C11H19NO4. The van der Waals surface area contributed by atoms with Crippen LogP contribution in [0.25, 0.3) is 0 Å². The molecule has 0 aromatic carbocycles. The molecule has 0 radical (unpaired) electrons. The van der Waals surface area contributed by atoms with Gasteiger partial charge in [-0.15, -0.1) is 0 Å². The lowest BCUT2D eigenvalue weighted by Gasteiger charge is -2.24. The van der Waals surface area contributed by atoms with E-state index in [9.17, 15) is 9.59 Å². The Morgan fingerprint density at radius 3 is 2.62 bits per heavy atom. The molecule has 1 atom stereocenters. The highest BCUT2D eigenvalue weighted by atomic mass is 16.5. The summed E-state index contributed by atoms with van der Waals surface area (Å²) in [5.41, 5.74) is 0. The van der Waals surface area contributed by atoms with Crippen LogP contribution in [0.2, 0.25) is 0 Å². The second kappa shape index (κ2) is 6.48. The Labute approximate surface area is 95.2 Å². The maximum atomic E-state index is 11.4. The van der Waals surface area contributed by atoms with E-state index in [1.807, 2.05) is 0 Å². The van der Waals surface area contributed by atoms with Crippen molar-refractivity contribution in [3.8, 4) is 0 Å². The standard InChI is InChI=1S/C11H19NO4/c1-16-9(6-11(14)15)7-12-10(13)5-8-3-2-4-8/h8-9H,2-7H2,1H3,(H,12,13)(H,14,15). The Bertz CT molecular complexity index is 250. The van der Waals surface area contributed by atoms with E-state index in [0.29, 0.717) is 12.3 Å². The largest absolute Gasteiger partial charge is 0.481 e. The summed E-state index contributed by atoms with van der Waals surface area (Å²) in [5, 5.41) is 11.3. The van der Waals surface area contributed by atoms with E-state index < -0.39 is 12.1 Å². The Hall–Kier alpha value is -1.10. The molecular weight excluding hydrogens is 210 g/mol. The molecule has 92 valence electrons. The van der Waals surface area contributed by atoms with Gasteiger partial charge in [0.2, 0.25) is 5.91 Å². The number of carboxylic acids is 1. The quantitative estimate of drug-likeness (QED) is 0.676. The summed E-state index contributed by atoms with van der Waals surface area (Å²) in [6.45, 7) is 0.272. The van der Waals surface area contributed by atoms with Crippen molar-refractivity contribution in [2.75, 3.05) is 13.7 Å². The number of methoxy groups -OCH3 is 1. The second-order valence-electron chi connectivity index (χ2n) is 4.26. The van der Waals surface area contributed by atoms with Gasteiger partial charge in [0.15, 0.2) is 0 Å². The number of rotatable bonds is 7. The summed E-state index contributed by atoms with van der Waals surface area (Å²) >= 11 is 0. The van der Waals surface area contributed by atoms with E-state index in [0.717, 1.165) is 12.8 Å². The molecule has 5 heteroatoms. The van der Waals surface area contributed by atoms with Crippen LogP contribution in [0, 0.1) is 5.92 Å². The molecule has 0 aliphatic heterocycles. The van der Waals surface area contributed by atoms with Crippen molar-refractivity contribution in [1.29, 1.82) is 0 Å². The van der Waals surface area contributed by atoms with Crippen molar-refractivity contribution < 1.29 is 19.4 Å². The van der Waals surface area contributed by atoms with Crippen molar-refractivity contribution in [1.82, 2.24) is 5.32 Å². The summed E-state index contributed by atoms with van der Waals surface area (Å²) in [4.78, 5) is 21.9. The zero-order valence-corrected chi connectivity index (χ0v) is 9.57. The molecule has 0 aromatic heterocycles. The fourth-order valence-electron chi connectivity index (χ4n) is 1.69. The van der Waals surface area contributed by atoms with Gasteiger partial charge in [-0.1, -0.05) is 6.42 Å². The minimum absolute atomic E-state index is 0.00265. The molecule has 0 saturated heterocycles. The fourth-order valence-corrected chi connectivity index (χ4v) is 1.69. The van der Waals surface area contributed by atoms with Gasteiger partial charge in [-0.05, 0) is 18.8 Å². The number of hydrogen-bond donors (Lipinski definition) is 2. The van der Waals surface area contributed by atoms with E-state index in [-0.39, 0.29) is 18.9 Å². The van der Waals surface area contributed by atoms with Crippen LogP contribution in [0.5, 0.6) is 0 Å². The Morgan fingerprint density at radius 1 is 1.50 bits per heavy atom. The number of ether oxygens (including phenoxy) is 1. The molecule has 1 saturated carbocycles. The van der Waals surface area contributed by atoms with Gasteiger partial charge in [-0.2, -0.15) is 0 Å². The van der Waals surface area contributed by atoms with Gasteiger partial charge in [0.05, 0.1) is 12.5 Å². The van der Waals surface area contributed by atoms with Crippen LogP contribution in [-0.4, -0.2) is 36.7 Å². The van der Waals surface area contributed by atoms with E-state index in [4.69, 9.17) is 9.84 Å². The minimum atomic E-state index is -0.917. The van der Waals surface area contributed by atoms with Crippen molar-refractivity contribution in [2.24, 2.45) is 5.92 Å². The third kappa shape index (κ3) is 4.61. The minimum Gasteiger partial charge on any atom is -0.481 e. The zero-order chi connectivity index (χ0) is 12.0. The third-order valence-corrected chi connectivity index (χ3v) is 2.96. The molecule has 1 unspecified atom stereocenters. The van der Waals surface area contributed by atoms with Gasteiger partial charge < -0.3 is 15.2 Å². The summed E-state index contributed by atoms with van der Waals surface area (Å²) in [7, 11) is 1.45. The molecule has 0 bridgehead atoms. The third-order valence-electron chi connectivity index (χ3n) is 2.96. The van der Waals surface area contributed by atoms with Crippen LogP contribution in [0.3, 0.4) is 0 Å². The molecule has 2 N–H and O–H groups in total. The topological polar surface area (TPSA) is 75.6 Å². The van der Waals surface area contributed by atoms with E-state index in [1.165, 1.54) is 13.5 Å². The van der Waals surface area contributed by atoms with Crippen LogP contribution in [0.1, 0.15) is 32.1 Å². The van der Waals surface area contributed by atoms with Gasteiger partial charge in [-0.25, -0.2) is 0 Å². The average Bonchev–Trinajstić information content (AvgIpc) is 2.17. The molecule has 1 amide bonds. The summed E-state index contributed by atoms with van der Waals surface area (Å²) in [6.07, 6.45) is 3.52.